The molecule has 19 N–H and O–H groups in total. The van der Waals surface area contributed by atoms with Crippen LogP contribution < -0.4 is 0 Å². The Labute approximate surface area is 716 Å². The van der Waals surface area contributed by atoms with E-state index in [1.807, 2.05) is 20.8 Å². The van der Waals surface area contributed by atoms with Crippen LogP contribution in [0.15, 0.2) is 0 Å². The van der Waals surface area contributed by atoms with Crippen molar-refractivity contribution in [3.8, 4) is 0 Å². The number of carbonyl (C=O) groups excluding carboxylic acids is 2. The summed E-state index contributed by atoms with van der Waals surface area (Å²) >= 11 is 0. The first-order valence-electron chi connectivity index (χ1n) is 22.8. The zero-order valence-corrected chi connectivity index (χ0v) is 106. The van der Waals surface area contributed by atoms with Crippen molar-refractivity contribution in [2.45, 2.75) is 242 Å². The molecule has 0 saturated heterocycles. The van der Waals surface area contributed by atoms with E-state index in [-0.39, 0.29) is 325 Å². The minimum absolute atomic E-state index is 0. The van der Waals surface area contributed by atoms with Crippen molar-refractivity contribution in [1.29, 1.82) is 0 Å². The summed E-state index contributed by atoms with van der Waals surface area (Å²) in [6, 6.07) is 0. The number of aliphatic hydroxyl groups is 9. The molecule has 0 aliphatic carbocycles. The van der Waals surface area contributed by atoms with Gasteiger partial charge in [-0.25, -0.2) is 0 Å². The van der Waals surface area contributed by atoms with Crippen molar-refractivity contribution >= 4 is 28.0 Å². The van der Waals surface area contributed by atoms with Crippen LogP contribution >= 0.6 is 0 Å². The summed E-state index contributed by atoms with van der Waals surface area (Å²) in [6.07, 6.45) is 9.47. The Morgan fingerprint density at radius 2 is 0.438 bits per heavy atom. The predicted octanol–water partition coefficient (Wildman–Crippen LogP) is 10.6. The van der Waals surface area contributed by atoms with Crippen LogP contribution in [0.25, 0.3) is 4.65 Å². The van der Waals surface area contributed by atoms with Crippen molar-refractivity contribution < 1.29 is 310 Å². The second-order valence-electron chi connectivity index (χ2n) is 17.0. The normalized spacial score (nSPS) is 7.30. The van der Waals surface area contributed by atoms with Gasteiger partial charge in [0.1, 0.15) is 12.8 Å². The average molecular weight is 1970 g/mol. The second-order valence-corrected chi connectivity index (χ2v) is 26.6. The maximum atomic E-state index is 9.44. The molecule has 0 aromatic heterocycles. The van der Waals surface area contributed by atoms with Gasteiger partial charge in [0.05, 0.1) is 5.60 Å². The monoisotopic (exact) mass is 1950 g/mol. The van der Waals surface area contributed by atoms with Crippen LogP contribution in [0.3, 0.4) is 0 Å². The van der Waals surface area contributed by atoms with Crippen molar-refractivity contribution in [1.82, 2.24) is 0 Å². The number of ketones is 2. The first-order valence-corrected chi connectivity index (χ1v) is 29.7. The Hall–Kier alpha value is 6.29. The molecule has 0 heterocycles. The molecule has 0 aliphatic rings. The first kappa shape index (κ1) is 249. The van der Waals surface area contributed by atoms with Crippen molar-refractivity contribution in [2.24, 2.45) is 0 Å². The molecule has 0 aliphatic heterocycles. The number of rotatable bonds is 15. The number of nitrogens with zero attached hydrogens (tertiary/aromatic N) is 1. The largest absolute Gasteiger partial charge is 2.00 e. The molecule has 0 unspecified atom stereocenters. The summed E-state index contributed by atoms with van der Waals surface area (Å²) in [5, 5.41) is 95.3. The van der Waals surface area contributed by atoms with Gasteiger partial charge in [0.15, 0.2) is 22.4 Å². The van der Waals surface area contributed by atoms with E-state index >= 15 is 0 Å². The molecular formula is C57H158NO17Si2Zn12-3. The Balaban J connectivity index is -0.00000000944. The van der Waals surface area contributed by atoms with Crippen LogP contribution in [-0.2, 0) is 234 Å². The first-order chi connectivity index (χ1) is 30.6. The molecule has 0 rings (SSSR count). The fraction of sp³-hybridized carbons (Fsp3) is 0.789. The van der Waals surface area contributed by atoms with Crippen molar-refractivity contribution in [3.05, 3.63) is 88.8 Å². The molecule has 0 aromatic carbocycles. The minimum atomic E-state index is -1.11. The topological polar surface area (TPSA) is 365 Å². The Kier molecular flexibility index (Phi) is 523. The molecule has 0 aromatic rings. The fourth-order valence-electron chi connectivity index (χ4n) is 4.54. The van der Waals surface area contributed by atoms with E-state index in [1.165, 1.54) is 0 Å². The molecule has 18 nitrogen and oxygen atoms in total. The van der Waals surface area contributed by atoms with Gasteiger partial charge in [-0.1, -0.05) is 118 Å². The van der Waals surface area contributed by atoms with E-state index in [0.717, 1.165) is 115 Å². The quantitative estimate of drug-likeness (QED) is 0.0421. The molecule has 0 spiro atoms. The van der Waals surface area contributed by atoms with Gasteiger partial charge in [-0.2, -0.15) is 0 Å². The third-order valence-electron chi connectivity index (χ3n) is 8.10. The zero-order valence-electron chi connectivity index (χ0n) is 67.9. The molecule has 0 bridgehead atoms. The average Bonchev–Trinajstić information content (AvgIpc) is 3.29. The third kappa shape index (κ3) is 331. The van der Waals surface area contributed by atoms with E-state index in [1.54, 1.807) is 41.5 Å². The molecule has 528 valence electrons. The van der Waals surface area contributed by atoms with Crippen LogP contribution in [0.1, 0.15) is 174 Å². The maximum absolute atomic E-state index is 9.44. The van der Waals surface area contributed by atoms with E-state index in [4.69, 9.17) is 85.4 Å². The smallest absolute Gasteiger partial charge is 0.668 e. The van der Waals surface area contributed by atoms with E-state index in [0.29, 0.717) is 24.4 Å². The summed E-state index contributed by atoms with van der Waals surface area (Å²) in [7, 11) is 5.79. The Morgan fingerprint density at radius 1 is 0.337 bits per heavy atom. The molecule has 0 amide bonds. The molecule has 0 atom stereocenters. The van der Waals surface area contributed by atoms with Gasteiger partial charge in [0.25, 0.3) is 11.6 Å². The molecule has 0 fully saturated rings. The predicted molar refractivity (Wildman–Crippen MR) is 366 cm³/mol. The summed E-state index contributed by atoms with van der Waals surface area (Å²) < 4.78 is 4.82. The zero-order chi connectivity index (χ0) is 59.1. The van der Waals surface area contributed by atoms with E-state index in [9.17, 15) is 5.11 Å². The second kappa shape index (κ2) is 187. The number of hydrogen-bond donors (Lipinski definition) is 9. The number of aliphatic hydroxyl groups excluding tert-OH is 8. The van der Waals surface area contributed by atoms with Gasteiger partial charge in [-0.3, -0.25) is 9.59 Å². The summed E-state index contributed by atoms with van der Waals surface area (Å²) in [5.41, 5.74) is -1.66. The van der Waals surface area contributed by atoms with Crippen LogP contribution in [-0.4, -0.2) is 189 Å². The van der Waals surface area contributed by atoms with E-state index < -0.39 is 27.7 Å². The van der Waals surface area contributed by atoms with Gasteiger partial charge in [-0.05, 0) is 19.3 Å². The van der Waals surface area contributed by atoms with Crippen molar-refractivity contribution in [3.63, 3.8) is 0 Å². The Bertz CT molecular complexity index is 773. The van der Waals surface area contributed by atoms with Gasteiger partial charge < -0.3 is 145 Å². The Morgan fingerprint density at radius 3 is 0.438 bits per heavy atom. The van der Waals surface area contributed by atoms with Crippen LogP contribution in [0.4, 0.5) is 0 Å². The fourth-order valence-corrected chi connectivity index (χ4v) is 12.6. The molecule has 89 heavy (non-hydrogen) atoms. The minimum Gasteiger partial charge on any atom is -0.668 e. The number of hydrogen-bond acceptors (Lipinski definition) is 11. The summed E-state index contributed by atoms with van der Waals surface area (Å²) in [4.78, 5) is 31.4. The standard InChI is InChI=1S/3C7H16O.C6H18NSi2.2C6H12O2.8CH4O.10CH3.O2.12Zn/c3*1-4-7(8,5-2)6-3;1-8(2,3)7-9(4,5)6;2*1-5(7)4-6(2,3)8;8*1-2;;;;;;;;;;;1-2;;;;;;;;;;;;/h3*8H,4-6H2,1-3H3;1-6H3;2*8H,4H2,1-3H3;8*2H,1H3;10*1H3;;;;;;;;;;;;;/q;;;-1;;;;;;;;;;;10*-1;;;;;;;;;;;;;+2/p+6. The van der Waals surface area contributed by atoms with E-state index in [2.05, 4.69) is 80.8 Å². The van der Waals surface area contributed by atoms with Gasteiger partial charge in [0.2, 0.25) is 0 Å². The van der Waals surface area contributed by atoms with Gasteiger partial charge >= 0.3 is 19.5 Å². The van der Waals surface area contributed by atoms with Gasteiger partial charge in [0, 0.05) is 361 Å². The maximum Gasteiger partial charge on any atom is 2.00 e. The van der Waals surface area contributed by atoms with Gasteiger partial charge in [-0.15, -0.1) is 0 Å². The molecule has 0 radical (unpaired) electrons. The third-order valence-corrected chi connectivity index (χ3v) is 13.5. The van der Waals surface area contributed by atoms with Crippen molar-refractivity contribution in [2.75, 3.05) is 56.9 Å². The summed E-state index contributed by atoms with van der Waals surface area (Å²) in [6.45, 7) is 42.7. The van der Waals surface area contributed by atoms with Crippen LogP contribution in [0.2, 0.25) is 39.3 Å². The molecule has 32 heteroatoms. The molecular weight excluding hydrogens is 1810 g/mol. The van der Waals surface area contributed by atoms with Crippen LogP contribution in [0, 0.1) is 84.2 Å². The van der Waals surface area contributed by atoms with Crippen LogP contribution in [0.5, 0.6) is 0 Å². The molecule has 0 saturated carbocycles. The SMILES string of the molecule is CC(=[OH+])CC(C)(C)[OH2+].CC(=[OH+])CC(C)(C)[OH2+].CCC(O)(CC)CC.CCC([OH2+])(CC)CC.CCC([OH2+])(CC)CC.CO.CO.CO.CO.CO.CO.CO.CO.C[Si](C)(C)[N-][Si](C)(C)C.O=O.[CH3-].[CH3-].[CH3-].[CH3-].[CH3-].[CH3-].[CH3-].[CH3-].[CH3-].[CH3-].[Zn+2].[Zn].[Zn].[Zn].[Zn].[Zn].[Zn].[Zn].[Zn].[Zn].[Zn].[Zn]. The summed E-state index contributed by atoms with van der Waals surface area (Å²) in [5.74, 6) is 0.676.